The molecule has 2 aromatic heterocycles. The van der Waals surface area contributed by atoms with E-state index in [1.165, 1.54) is 17.1 Å². The van der Waals surface area contributed by atoms with E-state index >= 15 is 0 Å². The molecule has 0 aliphatic carbocycles. The summed E-state index contributed by atoms with van der Waals surface area (Å²) in [6.45, 7) is 2.59. The molecule has 0 spiro atoms. The number of pyridine rings is 1. The molecule has 0 bridgehead atoms. The highest BCUT2D eigenvalue weighted by molar-refractivity contribution is 7.09. The highest BCUT2D eigenvalue weighted by atomic mass is 32.1. The van der Waals surface area contributed by atoms with Crippen LogP contribution in [-0.4, -0.2) is 48.8 Å². The highest BCUT2D eigenvalue weighted by Gasteiger charge is 2.28. The van der Waals surface area contributed by atoms with Crippen LogP contribution in [0.5, 0.6) is 5.88 Å². The van der Waals surface area contributed by atoms with E-state index in [-0.39, 0.29) is 5.88 Å². The van der Waals surface area contributed by atoms with Crippen molar-refractivity contribution in [3.8, 4) is 5.88 Å². The van der Waals surface area contributed by atoms with Gasteiger partial charge in [0, 0.05) is 37.3 Å². The van der Waals surface area contributed by atoms with Crippen LogP contribution < -0.4 is 10.1 Å². The number of nitrogens with one attached hydrogen (secondary N) is 1. The van der Waals surface area contributed by atoms with E-state index in [2.05, 4.69) is 36.4 Å². The fourth-order valence-corrected chi connectivity index (χ4v) is 2.92. The minimum atomic E-state index is -4.38. The molecule has 0 radical (unpaired) electrons. The van der Waals surface area contributed by atoms with Crippen LogP contribution in [0.3, 0.4) is 0 Å². The van der Waals surface area contributed by atoms with E-state index in [4.69, 9.17) is 0 Å². The predicted octanol–water partition coefficient (Wildman–Crippen LogP) is 3.72. The van der Waals surface area contributed by atoms with Crippen molar-refractivity contribution in [2.45, 2.75) is 26.1 Å². The summed E-state index contributed by atoms with van der Waals surface area (Å²) in [6, 6.07) is 7.23. The molecule has 2 heterocycles. The number of thiophene rings is 1. The number of halogens is 3. The Balaban J connectivity index is 1.90. The number of hydrogen-bond donors (Lipinski definition) is 1. The van der Waals surface area contributed by atoms with E-state index in [1.807, 2.05) is 20.0 Å². The lowest BCUT2D eigenvalue weighted by Crippen LogP contribution is -2.39. The average Bonchev–Trinajstić information content (AvgIpc) is 3.15. The largest absolute Gasteiger partial charge is 0.468 e. The first-order valence-electron chi connectivity index (χ1n) is 8.53. The second-order valence-corrected chi connectivity index (χ2v) is 6.86. The van der Waals surface area contributed by atoms with Crippen molar-refractivity contribution in [1.29, 1.82) is 0 Å². The molecule has 148 valence electrons. The molecule has 0 aliphatic heterocycles. The van der Waals surface area contributed by atoms with Crippen molar-refractivity contribution in [1.82, 2.24) is 15.2 Å². The molecule has 0 unspecified atom stereocenters. The second kappa shape index (κ2) is 10.1. The number of likely N-dealkylation sites (N-methyl/N-ethyl adjacent to an activating group) is 1. The van der Waals surface area contributed by atoms with Gasteiger partial charge in [-0.25, -0.2) is 9.98 Å². The van der Waals surface area contributed by atoms with Gasteiger partial charge in [0.2, 0.25) is 5.88 Å². The van der Waals surface area contributed by atoms with Gasteiger partial charge in [0.25, 0.3) is 0 Å². The van der Waals surface area contributed by atoms with Crippen molar-refractivity contribution < 1.29 is 17.9 Å². The monoisotopic (exact) mass is 400 g/mol. The van der Waals surface area contributed by atoms with E-state index in [1.54, 1.807) is 17.4 Å². The molecule has 0 fully saturated rings. The molecule has 5 nitrogen and oxygen atoms in total. The first-order chi connectivity index (χ1) is 12.9. The van der Waals surface area contributed by atoms with Gasteiger partial charge in [0.05, 0.1) is 6.54 Å². The minimum Gasteiger partial charge on any atom is -0.468 e. The summed E-state index contributed by atoms with van der Waals surface area (Å²) in [5.41, 5.74) is 0.788. The van der Waals surface area contributed by atoms with E-state index < -0.39 is 12.8 Å². The van der Waals surface area contributed by atoms with Crippen molar-refractivity contribution in [3.63, 3.8) is 0 Å². The number of guanidine groups is 1. The lowest BCUT2D eigenvalue weighted by atomic mass is 10.3. The Morgan fingerprint density at radius 2 is 2.15 bits per heavy atom. The van der Waals surface area contributed by atoms with Crippen molar-refractivity contribution in [3.05, 3.63) is 46.3 Å². The van der Waals surface area contributed by atoms with Crippen molar-refractivity contribution >= 4 is 17.3 Å². The summed E-state index contributed by atoms with van der Waals surface area (Å²) in [4.78, 5) is 11.8. The Morgan fingerprint density at radius 3 is 2.74 bits per heavy atom. The molecule has 0 aromatic carbocycles. The fraction of sp³-hybridized carbons (Fsp3) is 0.444. The van der Waals surface area contributed by atoms with E-state index in [9.17, 15) is 13.2 Å². The van der Waals surface area contributed by atoms with Crippen LogP contribution in [-0.2, 0) is 13.0 Å². The molecule has 0 saturated heterocycles. The fourth-order valence-electron chi connectivity index (χ4n) is 2.22. The van der Waals surface area contributed by atoms with Gasteiger partial charge in [0.15, 0.2) is 12.6 Å². The molecule has 0 atom stereocenters. The quantitative estimate of drug-likeness (QED) is 0.542. The summed E-state index contributed by atoms with van der Waals surface area (Å²) >= 11 is 1.73. The summed E-state index contributed by atoms with van der Waals surface area (Å²) in [5.74, 6) is 0.714. The highest BCUT2D eigenvalue weighted by Crippen LogP contribution is 2.17. The molecule has 0 saturated carbocycles. The van der Waals surface area contributed by atoms with Gasteiger partial charge in [-0.2, -0.15) is 13.2 Å². The van der Waals surface area contributed by atoms with Crippen molar-refractivity contribution in [2.24, 2.45) is 4.99 Å². The Hall–Kier alpha value is -2.29. The molecule has 27 heavy (non-hydrogen) atoms. The predicted molar refractivity (Wildman–Crippen MR) is 101 cm³/mol. The first-order valence-corrected chi connectivity index (χ1v) is 9.41. The lowest BCUT2D eigenvalue weighted by Gasteiger charge is -2.21. The maximum Gasteiger partial charge on any atom is 0.422 e. The van der Waals surface area contributed by atoms with Crippen LogP contribution in [0.25, 0.3) is 0 Å². The van der Waals surface area contributed by atoms with Crippen LogP contribution in [0.2, 0.25) is 0 Å². The van der Waals surface area contributed by atoms with Crippen LogP contribution in [0, 0.1) is 0 Å². The molecule has 1 N–H and O–H groups in total. The first kappa shape index (κ1) is 21.0. The number of rotatable bonds is 8. The van der Waals surface area contributed by atoms with Gasteiger partial charge in [-0.05, 0) is 30.4 Å². The lowest BCUT2D eigenvalue weighted by molar-refractivity contribution is -0.154. The summed E-state index contributed by atoms with van der Waals surface area (Å²) in [7, 11) is 1.97. The number of aliphatic imine (C=N–C) groups is 1. The van der Waals surface area contributed by atoms with Gasteiger partial charge < -0.3 is 15.0 Å². The normalized spacial score (nSPS) is 12.1. The standard InChI is InChI=1S/C18H23F3N4OS/c1-3-22-17(25(2)9-8-15-5-4-10-27-15)24-12-14-6-7-16(23-11-14)26-13-18(19,20)21/h4-7,10-11H,3,8-9,12-13H2,1-2H3,(H,22,24). The Bertz CT molecular complexity index is 702. The van der Waals surface area contributed by atoms with Gasteiger partial charge in [0.1, 0.15) is 0 Å². The van der Waals surface area contributed by atoms with Crippen molar-refractivity contribution in [2.75, 3.05) is 26.7 Å². The average molecular weight is 400 g/mol. The molecular weight excluding hydrogens is 377 g/mol. The summed E-state index contributed by atoms with van der Waals surface area (Å²) in [6.07, 6.45) is -1.96. The molecule has 2 rings (SSSR count). The minimum absolute atomic E-state index is 0.0555. The van der Waals surface area contributed by atoms with Crippen LogP contribution in [0.15, 0.2) is 40.8 Å². The molecule has 2 aromatic rings. The van der Waals surface area contributed by atoms with E-state index in [0.717, 1.165) is 31.0 Å². The number of alkyl halides is 3. The summed E-state index contributed by atoms with van der Waals surface area (Å²) < 4.78 is 41.1. The van der Waals surface area contributed by atoms with Crippen LogP contribution in [0.4, 0.5) is 13.2 Å². The van der Waals surface area contributed by atoms with Crippen LogP contribution in [0.1, 0.15) is 17.4 Å². The van der Waals surface area contributed by atoms with Gasteiger partial charge in [-0.15, -0.1) is 11.3 Å². The Kier molecular flexibility index (Phi) is 7.90. The van der Waals surface area contributed by atoms with E-state index in [0.29, 0.717) is 6.54 Å². The van der Waals surface area contributed by atoms with Crippen LogP contribution >= 0.6 is 11.3 Å². The van der Waals surface area contributed by atoms with Gasteiger partial charge in [-0.1, -0.05) is 12.1 Å². The number of hydrogen-bond acceptors (Lipinski definition) is 4. The maximum absolute atomic E-state index is 12.1. The number of ether oxygens (including phenoxy) is 1. The smallest absolute Gasteiger partial charge is 0.422 e. The number of nitrogens with zero attached hydrogens (tertiary/aromatic N) is 3. The zero-order valence-corrected chi connectivity index (χ0v) is 16.1. The topological polar surface area (TPSA) is 49.8 Å². The second-order valence-electron chi connectivity index (χ2n) is 5.83. The van der Waals surface area contributed by atoms with Gasteiger partial charge >= 0.3 is 6.18 Å². The maximum atomic E-state index is 12.1. The SMILES string of the molecule is CCNC(=NCc1ccc(OCC(F)(F)F)nc1)N(C)CCc1cccs1. The Morgan fingerprint density at radius 1 is 1.33 bits per heavy atom. The zero-order valence-electron chi connectivity index (χ0n) is 15.3. The zero-order chi connectivity index (χ0) is 19.7. The molecular formula is C18H23F3N4OS. The molecule has 0 aliphatic rings. The third-order valence-electron chi connectivity index (χ3n) is 3.56. The number of aromatic nitrogens is 1. The molecule has 9 heteroatoms. The summed E-state index contributed by atoms with van der Waals surface area (Å²) in [5, 5.41) is 5.30. The van der Waals surface area contributed by atoms with Gasteiger partial charge in [-0.3, -0.25) is 0 Å². The third kappa shape index (κ3) is 7.86. The Labute approximate surface area is 160 Å². The third-order valence-corrected chi connectivity index (χ3v) is 4.50. The molecule has 0 amide bonds.